The maximum atomic E-state index is 9.95. The van der Waals surface area contributed by atoms with Gasteiger partial charge in [-0.15, -0.1) is 0 Å². The fraction of sp³-hybridized carbons (Fsp3) is 0.733. The molecule has 0 spiro atoms. The highest BCUT2D eigenvalue weighted by Crippen LogP contribution is 2.40. The molecular weight excluding hydrogens is 252 g/mol. The van der Waals surface area contributed by atoms with Crippen molar-refractivity contribution in [1.29, 1.82) is 0 Å². The third-order valence-corrected chi connectivity index (χ3v) is 4.70. The van der Waals surface area contributed by atoms with Gasteiger partial charge in [0.05, 0.1) is 6.10 Å². The predicted molar refractivity (Wildman–Crippen MR) is 80.4 cm³/mol. The molecule has 1 unspecified atom stereocenters. The molecule has 0 aromatic carbocycles. The predicted octanol–water partition coefficient (Wildman–Crippen LogP) is 1.65. The van der Waals surface area contributed by atoms with Crippen LogP contribution in [0.25, 0.3) is 0 Å². The average Bonchev–Trinajstić information content (AvgIpc) is 2.64. The first-order chi connectivity index (χ1) is 9.47. The number of fused-ring (bicyclic) bond motifs is 2. The van der Waals surface area contributed by atoms with Gasteiger partial charge in [-0.05, 0) is 39.5 Å². The molecule has 0 saturated carbocycles. The van der Waals surface area contributed by atoms with E-state index in [4.69, 9.17) is 4.98 Å². The van der Waals surface area contributed by atoms with Crippen molar-refractivity contribution < 1.29 is 5.11 Å². The van der Waals surface area contributed by atoms with Gasteiger partial charge < -0.3 is 14.9 Å². The van der Waals surface area contributed by atoms with Crippen LogP contribution < -0.4 is 9.80 Å². The van der Waals surface area contributed by atoms with Crippen molar-refractivity contribution >= 4 is 11.8 Å². The van der Waals surface area contributed by atoms with Crippen molar-refractivity contribution in [2.24, 2.45) is 0 Å². The Kier molecular flexibility index (Phi) is 3.32. The summed E-state index contributed by atoms with van der Waals surface area (Å²) < 4.78 is 0. The second kappa shape index (κ2) is 4.88. The number of aliphatic hydroxyl groups excluding tert-OH is 1. The third-order valence-electron chi connectivity index (χ3n) is 4.70. The summed E-state index contributed by atoms with van der Waals surface area (Å²) in [6.45, 7) is 4.16. The zero-order valence-corrected chi connectivity index (χ0v) is 12.8. The lowest BCUT2D eigenvalue weighted by atomic mass is 9.99. The van der Waals surface area contributed by atoms with Gasteiger partial charge in [-0.2, -0.15) is 4.98 Å². The van der Waals surface area contributed by atoms with Crippen molar-refractivity contribution in [3.63, 3.8) is 0 Å². The minimum atomic E-state index is -0.139. The Balaban J connectivity index is 2.02. The summed E-state index contributed by atoms with van der Waals surface area (Å²) in [7, 11) is 3.95. The van der Waals surface area contributed by atoms with Crippen molar-refractivity contribution in [2.75, 3.05) is 23.9 Å². The molecule has 0 aliphatic carbocycles. The van der Waals surface area contributed by atoms with Gasteiger partial charge in [-0.1, -0.05) is 0 Å². The number of rotatable bonds is 2. The zero-order chi connectivity index (χ0) is 14.4. The molecule has 3 atom stereocenters. The number of aromatic nitrogens is 2. The minimum Gasteiger partial charge on any atom is -0.393 e. The standard InChI is InChI=1S/C15H24N4O/c1-9-10(2)16-15(18(3)4)17-14(9)19-11-5-6-12(19)8-13(20)7-11/h11-13,20H,5-8H2,1-4H3/t11-,12+,13?. The Morgan fingerprint density at radius 1 is 1.10 bits per heavy atom. The van der Waals surface area contributed by atoms with E-state index in [-0.39, 0.29) is 6.10 Å². The molecule has 2 aliphatic rings. The normalized spacial score (nSPS) is 28.9. The van der Waals surface area contributed by atoms with E-state index in [2.05, 4.69) is 16.8 Å². The maximum Gasteiger partial charge on any atom is 0.227 e. The zero-order valence-electron chi connectivity index (χ0n) is 12.8. The molecule has 1 aromatic rings. The molecule has 5 heteroatoms. The van der Waals surface area contributed by atoms with E-state index >= 15 is 0 Å². The summed E-state index contributed by atoms with van der Waals surface area (Å²) in [6.07, 6.45) is 3.94. The third kappa shape index (κ3) is 2.14. The van der Waals surface area contributed by atoms with Crippen LogP contribution in [0.15, 0.2) is 0 Å². The Hall–Kier alpha value is -1.36. The maximum absolute atomic E-state index is 9.95. The van der Waals surface area contributed by atoms with Crippen molar-refractivity contribution in [2.45, 2.75) is 57.7 Å². The molecule has 3 heterocycles. The van der Waals surface area contributed by atoms with E-state index < -0.39 is 0 Å². The number of aliphatic hydroxyl groups is 1. The molecule has 2 aliphatic heterocycles. The van der Waals surface area contributed by atoms with E-state index in [0.29, 0.717) is 12.1 Å². The molecule has 5 nitrogen and oxygen atoms in total. The van der Waals surface area contributed by atoms with E-state index in [1.54, 1.807) is 0 Å². The number of nitrogens with zero attached hydrogens (tertiary/aromatic N) is 4. The molecule has 0 amide bonds. The van der Waals surface area contributed by atoms with Crippen LogP contribution in [0.2, 0.25) is 0 Å². The molecule has 0 radical (unpaired) electrons. The minimum absolute atomic E-state index is 0.139. The van der Waals surface area contributed by atoms with Gasteiger partial charge in [0.2, 0.25) is 5.95 Å². The van der Waals surface area contributed by atoms with Crippen molar-refractivity contribution in [3.05, 3.63) is 11.3 Å². The fourth-order valence-corrected chi connectivity index (χ4v) is 3.54. The van der Waals surface area contributed by atoms with Crippen LogP contribution in [0.3, 0.4) is 0 Å². The summed E-state index contributed by atoms with van der Waals surface area (Å²) in [6, 6.07) is 0.874. The highest BCUT2D eigenvalue weighted by molar-refractivity contribution is 5.55. The lowest BCUT2D eigenvalue weighted by Gasteiger charge is -2.39. The smallest absolute Gasteiger partial charge is 0.227 e. The highest BCUT2D eigenvalue weighted by atomic mass is 16.3. The number of hydrogen-bond donors (Lipinski definition) is 1. The molecule has 110 valence electrons. The highest BCUT2D eigenvalue weighted by Gasteiger charge is 2.41. The van der Waals surface area contributed by atoms with Crippen LogP contribution in [-0.2, 0) is 0 Å². The van der Waals surface area contributed by atoms with Gasteiger partial charge in [0.25, 0.3) is 0 Å². The van der Waals surface area contributed by atoms with Crippen LogP contribution >= 0.6 is 0 Å². The monoisotopic (exact) mass is 276 g/mol. The Labute approximate surface area is 120 Å². The summed E-state index contributed by atoms with van der Waals surface area (Å²) in [4.78, 5) is 13.7. The largest absolute Gasteiger partial charge is 0.393 e. The summed E-state index contributed by atoms with van der Waals surface area (Å²) in [5.41, 5.74) is 2.22. The average molecular weight is 276 g/mol. The summed E-state index contributed by atoms with van der Waals surface area (Å²) >= 11 is 0. The van der Waals surface area contributed by atoms with Gasteiger partial charge in [-0.25, -0.2) is 4.98 Å². The topological polar surface area (TPSA) is 52.5 Å². The van der Waals surface area contributed by atoms with Crippen LogP contribution in [0.4, 0.5) is 11.8 Å². The SMILES string of the molecule is Cc1nc(N(C)C)nc(N2[C@@H]3CC[C@H]2CC(O)C3)c1C. The first-order valence-electron chi connectivity index (χ1n) is 7.46. The van der Waals surface area contributed by atoms with E-state index in [0.717, 1.165) is 30.3 Å². The molecule has 2 saturated heterocycles. The lowest BCUT2D eigenvalue weighted by molar-refractivity contribution is 0.126. The molecule has 1 aromatic heterocycles. The Morgan fingerprint density at radius 3 is 2.25 bits per heavy atom. The number of anilines is 2. The van der Waals surface area contributed by atoms with Gasteiger partial charge in [0.1, 0.15) is 5.82 Å². The van der Waals surface area contributed by atoms with Gasteiger partial charge >= 0.3 is 0 Å². The van der Waals surface area contributed by atoms with Crippen LogP contribution in [-0.4, -0.2) is 47.4 Å². The number of hydrogen-bond acceptors (Lipinski definition) is 5. The summed E-state index contributed by atoms with van der Waals surface area (Å²) in [5.74, 6) is 1.84. The summed E-state index contributed by atoms with van der Waals surface area (Å²) in [5, 5.41) is 9.95. The number of piperidine rings is 1. The second-order valence-electron chi connectivity index (χ2n) is 6.37. The van der Waals surface area contributed by atoms with E-state index in [1.807, 2.05) is 25.9 Å². The second-order valence-corrected chi connectivity index (χ2v) is 6.37. The first kappa shape index (κ1) is 13.6. The van der Waals surface area contributed by atoms with Crippen molar-refractivity contribution in [1.82, 2.24) is 9.97 Å². The molecule has 2 bridgehead atoms. The van der Waals surface area contributed by atoms with Crippen LogP contribution in [0.1, 0.15) is 36.9 Å². The Morgan fingerprint density at radius 2 is 1.70 bits per heavy atom. The van der Waals surface area contributed by atoms with E-state index in [1.165, 1.54) is 18.4 Å². The molecule has 3 rings (SSSR count). The Bertz CT molecular complexity index is 503. The van der Waals surface area contributed by atoms with Gasteiger partial charge in [0, 0.05) is 37.4 Å². The van der Waals surface area contributed by atoms with Crippen LogP contribution in [0, 0.1) is 13.8 Å². The first-order valence-corrected chi connectivity index (χ1v) is 7.46. The lowest BCUT2D eigenvalue weighted by Crippen LogP contribution is -2.45. The van der Waals surface area contributed by atoms with Gasteiger partial charge in [-0.3, -0.25) is 0 Å². The van der Waals surface area contributed by atoms with Gasteiger partial charge in [0.15, 0.2) is 0 Å². The quantitative estimate of drug-likeness (QED) is 0.890. The molecular formula is C15H24N4O. The molecule has 20 heavy (non-hydrogen) atoms. The van der Waals surface area contributed by atoms with Crippen LogP contribution in [0.5, 0.6) is 0 Å². The number of aryl methyl sites for hydroxylation is 1. The van der Waals surface area contributed by atoms with Crippen molar-refractivity contribution in [3.8, 4) is 0 Å². The fourth-order valence-electron chi connectivity index (χ4n) is 3.54. The molecule has 1 N–H and O–H groups in total. The van der Waals surface area contributed by atoms with E-state index in [9.17, 15) is 5.11 Å². The molecule has 2 fully saturated rings.